The molecule has 4 rings (SSSR count). The molecule has 8 nitrogen and oxygen atoms in total. The van der Waals surface area contributed by atoms with Gasteiger partial charge in [-0.3, -0.25) is 14.6 Å². The van der Waals surface area contributed by atoms with E-state index in [1.807, 2.05) is 62.1 Å². The van der Waals surface area contributed by atoms with Gasteiger partial charge in [0, 0.05) is 51.0 Å². The normalized spacial score (nSPS) is 18.8. The average Bonchev–Trinajstić information content (AvgIpc) is 3.12. The molecule has 0 aromatic heterocycles. The highest BCUT2D eigenvalue weighted by Crippen LogP contribution is 2.33. The predicted molar refractivity (Wildman–Crippen MR) is 147 cm³/mol. The maximum Gasteiger partial charge on any atom is 0.338 e. The van der Waals surface area contributed by atoms with Crippen LogP contribution < -0.4 is 5.32 Å². The Morgan fingerprint density at radius 3 is 2.37 bits per heavy atom. The minimum absolute atomic E-state index is 0.0300. The van der Waals surface area contributed by atoms with Gasteiger partial charge in [-0.05, 0) is 57.4 Å². The quantitative estimate of drug-likeness (QED) is 0.585. The number of carbonyl (C=O) groups is 3. The maximum atomic E-state index is 13.3. The van der Waals surface area contributed by atoms with Crippen molar-refractivity contribution in [3.8, 4) is 0 Å². The first-order chi connectivity index (χ1) is 18.2. The molecule has 2 aromatic rings. The van der Waals surface area contributed by atoms with Crippen molar-refractivity contribution in [2.24, 2.45) is 0 Å². The second kappa shape index (κ2) is 11.8. The smallest absolute Gasteiger partial charge is 0.338 e. The number of ether oxygens (including phenoxy) is 1. The van der Waals surface area contributed by atoms with E-state index in [2.05, 4.69) is 16.3 Å². The lowest BCUT2D eigenvalue weighted by molar-refractivity contribution is -0.139. The first-order valence-electron chi connectivity index (χ1n) is 13.3. The van der Waals surface area contributed by atoms with E-state index in [0.29, 0.717) is 43.0 Å². The summed E-state index contributed by atoms with van der Waals surface area (Å²) in [6.45, 7) is 11.1. The van der Waals surface area contributed by atoms with Crippen molar-refractivity contribution in [1.82, 2.24) is 20.0 Å². The number of benzene rings is 2. The van der Waals surface area contributed by atoms with E-state index >= 15 is 0 Å². The number of nitrogens with zero attached hydrogens (tertiary/aromatic N) is 3. The molecular weight excluding hydrogens is 480 g/mol. The fourth-order valence-electron chi connectivity index (χ4n) is 5.20. The molecule has 1 N–H and O–H groups in total. The number of urea groups is 1. The van der Waals surface area contributed by atoms with Gasteiger partial charge in [0.1, 0.15) is 0 Å². The van der Waals surface area contributed by atoms with Crippen molar-refractivity contribution in [2.45, 2.75) is 40.2 Å². The first-order valence-corrected chi connectivity index (χ1v) is 13.3. The van der Waals surface area contributed by atoms with Crippen molar-refractivity contribution in [1.29, 1.82) is 0 Å². The van der Waals surface area contributed by atoms with E-state index in [1.54, 1.807) is 14.0 Å². The molecule has 0 unspecified atom stereocenters. The lowest BCUT2D eigenvalue weighted by Gasteiger charge is -2.37. The van der Waals surface area contributed by atoms with Gasteiger partial charge in [-0.25, -0.2) is 9.59 Å². The van der Waals surface area contributed by atoms with Crippen LogP contribution in [0.5, 0.6) is 0 Å². The van der Waals surface area contributed by atoms with Gasteiger partial charge in [-0.2, -0.15) is 0 Å². The highest BCUT2D eigenvalue weighted by molar-refractivity contribution is 5.95. The van der Waals surface area contributed by atoms with Crippen LogP contribution in [0, 0.1) is 20.8 Å². The van der Waals surface area contributed by atoms with E-state index in [9.17, 15) is 14.4 Å². The molecule has 8 heteroatoms. The zero-order valence-corrected chi connectivity index (χ0v) is 23.0. The van der Waals surface area contributed by atoms with Crippen LogP contribution in [-0.2, 0) is 9.53 Å². The molecule has 2 heterocycles. The maximum absolute atomic E-state index is 13.3. The van der Waals surface area contributed by atoms with Gasteiger partial charge in [-0.15, -0.1) is 0 Å². The summed E-state index contributed by atoms with van der Waals surface area (Å²) in [5.74, 6) is -0.396. The number of nitrogens with one attached hydrogen (secondary N) is 1. The summed E-state index contributed by atoms with van der Waals surface area (Å²) >= 11 is 0. The van der Waals surface area contributed by atoms with E-state index in [1.165, 1.54) is 4.90 Å². The van der Waals surface area contributed by atoms with E-state index in [4.69, 9.17) is 4.74 Å². The molecule has 2 aliphatic rings. The summed E-state index contributed by atoms with van der Waals surface area (Å²) in [4.78, 5) is 45.1. The Bertz CT molecular complexity index is 1240. The van der Waals surface area contributed by atoms with Crippen LogP contribution in [0.1, 0.15) is 52.0 Å². The summed E-state index contributed by atoms with van der Waals surface area (Å²) in [7, 11) is 1.69. The van der Waals surface area contributed by atoms with Crippen LogP contribution in [0.15, 0.2) is 53.7 Å². The predicted octanol–water partition coefficient (Wildman–Crippen LogP) is 3.97. The summed E-state index contributed by atoms with van der Waals surface area (Å²) in [6.07, 6.45) is 0.802. The first kappa shape index (κ1) is 27.4. The summed E-state index contributed by atoms with van der Waals surface area (Å²) in [5.41, 5.74) is 5.89. The number of hydrogen-bond acceptors (Lipinski definition) is 5. The highest BCUT2D eigenvalue weighted by Gasteiger charge is 2.38. The Balaban J connectivity index is 1.61. The van der Waals surface area contributed by atoms with Crippen LogP contribution in [0.2, 0.25) is 0 Å². The molecule has 2 aromatic carbocycles. The number of likely N-dealkylation sites (N-methyl/N-ethyl adjacent to an activating group) is 1. The number of aryl methyl sites for hydroxylation is 3. The van der Waals surface area contributed by atoms with Gasteiger partial charge in [0.15, 0.2) is 0 Å². The summed E-state index contributed by atoms with van der Waals surface area (Å²) in [6, 6.07) is 12.8. The van der Waals surface area contributed by atoms with Gasteiger partial charge in [0.05, 0.1) is 18.2 Å². The lowest BCUT2D eigenvalue weighted by Crippen LogP contribution is -2.49. The lowest BCUT2D eigenvalue weighted by atomic mass is 9.90. The van der Waals surface area contributed by atoms with Gasteiger partial charge < -0.3 is 15.0 Å². The van der Waals surface area contributed by atoms with Crippen molar-refractivity contribution < 1.29 is 19.1 Å². The summed E-state index contributed by atoms with van der Waals surface area (Å²) < 4.78 is 5.48. The number of esters is 1. The van der Waals surface area contributed by atoms with Gasteiger partial charge in [0.25, 0.3) is 5.91 Å². The van der Waals surface area contributed by atoms with Crippen LogP contribution >= 0.6 is 0 Å². The zero-order chi connectivity index (χ0) is 27.4. The monoisotopic (exact) mass is 518 g/mol. The summed E-state index contributed by atoms with van der Waals surface area (Å²) in [5, 5.41) is 3.01. The molecule has 0 bridgehead atoms. The third-order valence-electron chi connectivity index (χ3n) is 7.36. The minimum Gasteiger partial charge on any atom is -0.463 e. The van der Waals surface area contributed by atoms with Gasteiger partial charge in [0.2, 0.25) is 0 Å². The van der Waals surface area contributed by atoms with Crippen LogP contribution in [0.25, 0.3) is 0 Å². The Hall–Kier alpha value is -3.65. The molecule has 38 heavy (non-hydrogen) atoms. The second-order valence-corrected chi connectivity index (χ2v) is 10.2. The Labute approximate surface area is 225 Å². The van der Waals surface area contributed by atoms with Crippen LogP contribution in [-0.4, -0.2) is 79.0 Å². The molecule has 0 aliphatic carbocycles. The minimum atomic E-state index is -0.597. The van der Waals surface area contributed by atoms with E-state index in [-0.39, 0.29) is 18.5 Å². The standard InChI is InChI=1S/C30H38N4O4/c1-6-38-29(36)26-25(32(5)30(37)31-27(26)24-13-10-21(3)18-22(24)4)19-33-14-7-15-34(17-16-33)28(35)23-11-8-20(2)9-12-23/h8-13,18,27H,6-7,14-17,19H2,1-5H3,(H,31,37)/t27-/m0/s1. The van der Waals surface area contributed by atoms with Gasteiger partial charge >= 0.3 is 12.0 Å². The van der Waals surface area contributed by atoms with Crippen LogP contribution in [0.4, 0.5) is 4.79 Å². The number of carbonyl (C=O) groups excluding carboxylic acids is 3. The molecule has 202 valence electrons. The second-order valence-electron chi connectivity index (χ2n) is 10.2. The largest absolute Gasteiger partial charge is 0.463 e. The SMILES string of the molecule is CCOC(=O)C1=C(CN2CCCN(C(=O)c3ccc(C)cc3)CC2)N(C)C(=O)N[C@H]1c1ccc(C)cc1C. The molecule has 0 saturated carbocycles. The fourth-order valence-corrected chi connectivity index (χ4v) is 5.20. The molecular formula is C30H38N4O4. The van der Waals surface area contributed by atoms with Gasteiger partial charge in [-0.1, -0.05) is 41.5 Å². The van der Waals surface area contributed by atoms with Crippen molar-refractivity contribution in [3.63, 3.8) is 0 Å². The Morgan fingerprint density at radius 1 is 0.974 bits per heavy atom. The fraction of sp³-hybridized carbons (Fsp3) is 0.433. The Kier molecular flexibility index (Phi) is 8.52. The Morgan fingerprint density at radius 2 is 1.68 bits per heavy atom. The third kappa shape index (κ3) is 5.91. The molecule has 1 atom stereocenters. The number of hydrogen-bond donors (Lipinski definition) is 1. The molecule has 2 aliphatic heterocycles. The van der Waals surface area contributed by atoms with Crippen molar-refractivity contribution in [2.75, 3.05) is 46.4 Å². The number of rotatable bonds is 6. The molecule has 3 amide bonds. The van der Waals surface area contributed by atoms with E-state index in [0.717, 1.165) is 35.2 Å². The molecule has 0 spiro atoms. The molecule has 1 fully saturated rings. The topological polar surface area (TPSA) is 82.2 Å². The van der Waals surface area contributed by atoms with Crippen molar-refractivity contribution >= 4 is 17.9 Å². The van der Waals surface area contributed by atoms with E-state index < -0.39 is 12.0 Å². The average molecular weight is 519 g/mol. The highest BCUT2D eigenvalue weighted by atomic mass is 16.5. The molecule has 1 saturated heterocycles. The molecule has 0 radical (unpaired) electrons. The van der Waals surface area contributed by atoms with Crippen molar-refractivity contribution in [3.05, 3.63) is 81.6 Å². The zero-order valence-electron chi connectivity index (χ0n) is 23.0. The van der Waals surface area contributed by atoms with Crippen LogP contribution in [0.3, 0.4) is 0 Å². The number of amides is 3. The third-order valence-corrected chi connectivity index (χ3v) is 7.36.